The zero-order valence-corrected chi connectivity index (χ0v) is 13.8. The van der Waals surface area contributed by atoms with Crippen molar-refractivity contribution in [3.05, 3.63) is 76.3 Å². The molecule has 1 unspecified atom stereocenters. The molecule has 1 atom stereocenters. The van der Waals surface area contributed by atoms with Gasteiger partial charge in [-0.15, -0.1) is 0 Å². The van der Waals surface area contributed by atoms with Gasteiger partial charge in [-0.2, -0.15) is 0 Å². The van der Waals surface area contributed by atoms with E-state index in [1.165, 1.54) is 27.6 Å². The summed E-state index contributed by atoms with van der Waals surface area (Å²) in [6.45, 7) is 4.34. The molecule has 0 spiro atoms. The van der Waals surface area contributed by atoms with Gasteiger partial charge in [0.1, 0.15) is 0 Å². The summed E-state index contributed by atoms with van der Waals surface area (Å²) in [6.07, 6.45) is 0. The Bertz CT molecular complexity index is 774. The molecule has 1 N–H and O–H groups in total. The first-order chi connectivity index (χ1) is 10.1. The first-order valence-electron chi connectivity index (χ1n) is 7.15. The van der Waals surface area contributed by atoms with Crippen molar-refractivity contribution in [3.8, 4) is 0 Å². The van der Waals surface area contributed by atoms with Crippen molar-refractivity contribution in [3.63, 3.8) is 0 Å². The van der Waals surface area contributed by atoms with Gasteiger partial charge in [0.25, 0.3) is 0 Å². The van der Waals surface area contributed by atoms with E-state index in [0.29, 0.717) is 0 Å². The number of hydrogen-bond acceptors (Lipinski definition) is 1. The lowest BCUT2D eigenvalue weighted by Crippen LogP contribution is -2.08. The third kappa shape index (κ3) is 2.96. The second-order valence-corrected chi connectivity index (χ2v) is 6.31. The van der Waals surface area contributed by atoms with Gasteiger partial charge in [0.05, 0.1) is 0 Å². The highest BCUT2D eigenvalue weighted by Gasteiger charge is 2.10. The largest absolute Gasteiger partial charge is 0.378 e. The van der Waals surface area contributed by atoms with Crippen LogP contribution in [-0.2, 0) is 0 Å². The SMILES string of the molecule is Cc1ccc(Br)cc1NC(C)c1cccc2ccccc12. The van der Waals surface area contributed by atoms with Crippen LogP contribution in [0.3, 0.4) is 0 Å². The fourth-order valence-electron chi connectivity index (χ4n) is 2.69. The maximum absolute atomic E-state index is 3.63. The predicted molar refractivity (Wildman–Crippen MR) is 94.9 cm³/mol. The third-order valence-corrected chi connectivity index (χ3v) is 4.35. The second kappa shape index (κ2) is 5.90. The zero-order chi connectivity index (χ0) is 14.8. The van der Waals surface area contributed by atoms with Gasteiger partial charge in [0.15, 0.2) is 0 Å². The molecule has 3 aromatic rings. The van der Waals surface area contributed by atoms with Crippen LogP contribution in [-0.4, -0.2) is 0 Å². The fourth-order valence-corrected chi connectivity index (χ4v) is 3.05. The van der Waals surface area contributed by atoms with Crippen LogP contribution < -0.4 is 5.32 Å². The Labute approximate surface area is 134 Å². The molecule has 0 bridgehead atoms. The van der Waals surface area contributed by atoms with Crippen LogP contribution in [0.5, 0.6) is 0 Å². The molecule has 0 aromatic heterocycles. The molecule has 0 saturated carbocycles. The molecular formula is C19H18BrN. The lowest BCUT2D eigenvalue weighted by molar-refractivity contribution is 0.892. The molecule has 21 heavy (non-hydrogen) atoms. The number of hydrogen-bond donors (Lipinski definition) is 1. The Hall–Kier alpha value is -1.80. The Morgan fingerprint density at radius 2 is 1.71 bits per heavy atom. The summed E-state index contributed by atoms with van der Waals surface area (Å²) in [5, 5.41) is 6.23. The van der Waals surface area contributed by atoms with Crippen LogP contribution in [0.15, 0.2) is 65.1 Å². The van der Waals surface area contributed by atoms with Crippen LogP contribution in [0, 0.1) is 6.92 Å². The van der Waals surface area contributed by atoms with Gasteiger partial charge in [-0.3, -0.25) is 0 Å². The smallest absolute Gasteiger partial charge is 0.0491 e. The van der Waals surface area contributed by atoms with Crippen molar-refractivity contribution < 1.29 is 0 Å². The molecule has 0 amide bonds. The van der Waals surface area contributed by atoms with E-state index < -0.39 is 0 Å². The van der Waals surface area contributed by atoms with E-state index in [1.807, 2.05) is 0 Å². The number of aryl methyl sites for hydroxylation is 1. The van der Waals surface area contributed by atoms with E-state index in [9.17, 15) is 0 Å². The van der Waals surface area contributed by atoms with E-state index in [-0.39, 0.29) is 6.04 Å². The van der Waals surface area contributed by atoms with Crippen LogP contribution in [0.1, 0.15) is 24.1 Å². The Balaban J connectivity index is 1.97. The van der Waals surface area contributed by atoms with Crippen LogP contribution in [0.2, 0.25) is 0 Å². The van der Waals surface area contributed by atoms with Gasteiger partial charge in [-0.05, 0) is 47.9 Å². The van der Waals surface area contributed by atoms with Crippen LogP contribution in [0.4, 0.5) is 5.69 Å². The van der Waals surface area contributed by atoms with Crippen molar-refractivity contribution >= 4 is 32.4 Å². The molecule has 0 saturated heterocycles. The first kappa shape index (κ1) is 14.2. The van der Waals surface area contributed by atoms with E-state index in [2.05, 4.69) is 95.8 Å². The summed E-state index contributed by atoms with van der Waals surface area (Å²) in [5.41, 5.74) is 3.75. The van der Waals surface area contributed by atoms with E-state index in [4.69, 9.17) is 0 Å². The average Bonchev–Trinajstić information content (AvgIpc) is 2.50. The number of fused-ring (bicyclic) bond motifs is 1. The Kier molecular flexibility index (Phi) is 3.98. The molecule has 0 aliphatic heterocycles. The Morgan fingerprint density at radius 3 is 2.57 bits per heavy atom. The highest BCUT2D eigenvalue weighted by atomic mass is 79.9. The molecule has 3 aromatic carbocycles. The summed E-state index contributed by atoms with van der Waals surface area (Å²) < 4.78 is 1.10. The molecule has 0 fully saturated rings. The number of rotatable bonds is 3. The minimum absolute atomic E-state index is 0.254. The maximum atomic E-state index is 3.63. The molecule has 0 heterocycles. The molecule has 0 aliphatic rings. The van der Waals surface area contributed by atoms with Gasteiger partial charge in [-0.25, -0.2) is 0 Å². The number of halogens is 1. The summed E-state index contributed by atoms with van der Waals surface area (Å²) in [5.74, 6) is 0. The third-order valence-electron chi connectivity index (χ3n) is 3.86. The highest BCUT2D eigenvalue weighted by Crippen LogP contribution is 2.29. The highest BCUT2D eigenvalue weighted by molar-refractivity contribution is 9.10. The summed E-state index contributed by atoms with van der Waals surface area (Å²) in [6, 6.07) is 21.6. The second-order valence-electron chi connectivity index (χ2n) is 5.39. The van der Waals surface area contributed by atoms with Crippen molar-refractivity contribution in [1.29, 1.82) is 0 Å². The van der Waals surface area contributed by atoms with E-state index in [0.717, 1.165) is 4.47 Å². The average molecular weight is 340 g/mol. The van der Waals surface area contributed by atoms with Gasteiger partial charge in [0, 0.05) is 16.2 Å². The summed E-state index contributed by atoms with van der Waals surface area (Å²) >= 11 is 3.54. The zero-order valence-electron chi connectivity index (χ0n) is 12.2. The predicted octanol–water partition coefficient (Wildman–Crippen LogP) is 6.08. The normalized spacial score (nSPS) is 12.3. The number of anilines is 1. The van der Waals surface area contributed by atoms with Gasteiger partial charge >= 0.3 is 0 Å². The lowest BCUT2D eigenvalue weighted by atomic mass is 9.99. The van der Waals surface area contributed by atoms with Gasteiger partial charge < -0.3 is 5.32 Å². The van der Waals surface area contributed by atoms with Crippen molar-refractivity contribution in [2.75, 3.05) is 5.32 Å². The summed E-state index contributed by atoms with van der Waals surface area (Å²) in [4.78, 5) is 0. The lowest BCUT2D eigenvalue weighted by Gasteiger charge is -2.19. The molecule has 3 rings (SSSR count). The minimum atomic E-state index is 0.254. The standard InChI is InChI=1S/C19H18BrN/c1-13-10-11-16(20)12-19(13)21-14(2)17-9-5-7-15-6-3-4-8-18(15)17/h3-12,14,21H,1-2H3. The Morgan fingerprint density at radius 1 is 0.952 bits per heavy atom. The molecule has 0 aliphatic carbocycles. The van der Waals surface area contributed by atoms with Crippen molar-refractivity contribution in [2.45, 2.75) is 19.9 Å². The quantitative estimate of drug-likeness (QED) is 0.609. The maximum Gasteiger partial charge on any atom is 0.0491 e. The topological polar surface area (TPSA) is 12.0 Å². The fraction of sp³-hybridized carbons (Fsp3) is 0.158. The van der Waals surface area contributed by atoms with Crippen molar-refractivity contribution in [2.24, 2.45) is 0 Å². The van der Waals surface area contributed by atoms with E-state index >= 15 is 0 Å². The molecule has 0 radical (unpaired) electrons. The molecule has 1 nitrogen and oxygen atoms in total. The molecule has 2 heteroatoms. The molecule has 106 valence electrons. The van der Waals surface area contributed by atoms with Crippen LogP contribution in [0.25, 0.3) is 10.8 Å². The first-order valence-corrected chi connectivity index (χ1v) is 7.95. The number of nitrogens with one attached hydrogen (secondary N) is 1. The minimum Gasteiger partial charge on any atom is -0.378 e. The van der Waals surface area contributed by atoms with E-state index in [1.54, 1.807) is 0 Å². The summed E-state index contributed by atoms with van der Waals surface area (Å²) in [7, 11) is 0. The van der Waals surface area contributed by atoms with Gasteiger partial charge in [0.2, 0.25) is 0 Å². The monoisotopic (exact) mass is 339 g/mol. The van der Waals surface area contributed by atoms with Crippen LogP contribution >= 0.6 is 15.9 Å². The number of benzene rings is 3. The van der Waals surface area contributed by atoms with Gasteiger partial charge in [-0.1, -0.05) is 64.5 Å². The molecular weight excluding hydrogens is 322 g/mol. The van der Waals surface area contributed by atoms with Crippen molar-refractivity contribution in [1.82, 2.24) is 0 Å².